The molecular weight excluding hydrogens is 470 g/mol. The van der Waals surface area contributed by atoms with Gasteiger partial charge in [-0.2, -0.15) is 0 Å². The summed E-state index contributed by atoms with van der Waals surface area (Å²) in [7, 11) is 0. The van der Waals surface area contributed by atoms with Crippen molar-refractivity contribution in [2.75, 3.05) is 31.1 Å². The van der Waals surface area contributed by atoms with Crippen LogP contribution in [0, 0.1) is 11.8 Å². The number of rotatable bonds is 5. The number of likely N-dealkylation sites (tertiary alicyclic amines) is 1. The van der Waals surface area contributed by atoms with Crippen LogP contribution in [0.15, 0.2) is 54.6 Å². The molecule has 2 saturated heterocycles. The number of carbonyl (C=O) groups is 3. The second kappa shape index (κ2) is 9.10. The smallest absolute Gasteiger partial charge is 0.249 e. The first-order chi connectivity index (χ1) is 17.5. The van der Waals surface area contributed by atoms with E-state index in [9.17, 15) is 19.5 Å². The molecule has 1 aromatic rings. The van der Waals surface area contributed by atoms with Crippen molar-refractivity contribution < 1.29 is 24.2 Å². The maximum absolute atomic E-state index is 14.2. The molecule has 37 heavy (non-hydrogen) atoms. The lowest BCUT2D eigenvalue weighted by Crippen LogP contribution is -2.59. The van der Waals surface area contributed by atoms with Gasteiger partial charge in [0.05, 0.1) is 17.4 Å². The minimum atomic E-state index is -1.26. The second-order valence-electron chi connectivity index (χ2n) is 11.7. The van der Waals surface area contributed by atoms with Gasteiger partial charge in [0, 0.05) is 37.5 Å². The minimum absolute atomic E-state index is 0.00967. The first-order valence-corrected chi connectivity index (χ1v) is 13.2. The highest BCUT2D eigenvalue weighted by molar-refractivity contribution is 6.04. The van der Waals surface area contributed by atoms with Crippen LogP contribution in [-0.4, -0.2) is 81.7 Å². The van der Waals surface area contributed by atoms with Crippen LogP contribution in [0.4, 0.5) is 5.69 Å². The fourth-order valence-electron chi connectivity index (χ4n) is 6.60. The SMILES string of the molecule is CC(C)(C)N1CC=C[C@]23O[C@]4(C)C=CCN(c5ccccc5)C(=O)[C@@H]4[C@H]2C(=O)N(CCCCO)C3C1=O. The van der Waals surface area contributed by atoms with Crippen LogP contribution in [0.25, 0.3) is 0 Å². The van der Waals surface area contributed by atoms with Gasteiger partial charge in [0.1, 0.15) is 11.6 Å². The van der Waals surface area contributed by atoms with Gasteiger partial charge in [-0.15, -0.1) is 0 Å². The van der Waals surface area contributed by atoms with Crippen LogP contribution in [0.1, 0.15) is 40.5 Å². The summed E-state index contributed by atoms with van der Waals surface area (Å²) in [5.74, 6) is -2.21. The van der Waals surface area contributed by atoms with E-state index < -0.39 is 34.6 Å². The standard InChI is InChI=1S/C29H37N3O5/c1-27(2,3)32-18-11-15-29-22(25(35)31(16-8-9-19-33)23(29)26(32)36)21-24(34)30(20-12-6-5-7-13-20)17-10-14-28(21,4)37-29/h5-7,10-15,21-23,33H,8-9,16-19H2,1-4H3/t21-,22-,23?,28+,29-/m0/s1. The number of nitrogens with zero attached hydrogens (tertiary/aromatic N) is 3. The highest BCUT2D eigenvalue weighted by atomic mass is 16.5. The molecule has 1 unspecified atom stereocenters. The topological polar surface area (TPSA) is 90.4 Å². The molecule has 4 aliphatic heterocycles. The lowest BCUT2D eigenvalue weighted by Gasteiger charge is -2.41. The van der Waals surface area contributed by atoms with Crippen molar-refractivity contribution in [1.82, 2.24) is 9.80 Å². The van der Waals surface area contributed by atoms with Gasteiger partial charge in [-0.05, 0) is 52.7 Å². The van der Waals surface area contributed by atoms with Gasteiger partial charge < -0.3 is 24.5 Å². The predicted molar refractivity (Wildman–Crippen MR) is 140 cm³/mol. The monoisotopic (exact) mass is 507 g/mol. The van der Waals surface area contributed by atoms with Gasteiger partial charge >= 0.3 is 0 Å². The first kappa shape index (κ1) is 25.7. The van der Waals surface area contributed by atoms with Gasteiger partial charge in [0.15, 0.2) is 0 Å². The van der Waals surface area contributed by atoms with Crippen molar-refractivity contribution in [1.29, 1.82) is 0 Å². The lowest BCUT2D eigenvalue weighted by molar-refractivity contribution is -0.154. The number of ether oxygens (including phenoxy) is 1. The van der Waals surface area contributed by atoms with Crippen molar-refractivity contribution in [2.45, 2.75) is 63.3 Å². The quantitative estimate of drug-likeness (QED) is 0.489. The summed E-state index contributed by atoms with van der Waals surface area (Å²) in [5, 5.41) is 9.36. The van der Waals surface area contributed by atoms with Gasteiger partial charge in [0.25, 0.3) is 0 Å². The van der Waals surface area contributed by atoms with Crippen LogP contribution in [-0.2, 0) is 19.1 Å². The van der Waals surface area contributed by atoms with E-state index in [0.717, 1.165) is 5.69 Å². The van der Waals surface area contributed by atoms with Gasteiger partial charge in [0.2, 0.25) is 17.7 Å². The summed E-state index contributed by atoms with van der Waals surface area (Å²) in [4.78, 5) is 47.8. The maximum atomic E-state index is 14.2. The third-order valence-corrected chi connectivity index (χ3v) is 8.24. The molecule has 1 spiro atoms. The first-order valence-electron chi connectivity index (χ1n) is 13.2. The number of hydrogen-bond acceptors (Lipinski definition) is 5. The van der Waals surface area contributed by atoms with Crippen LogP contribution < -0.4 is 4.90 Å². The Kier molecular flexibility index (Phi) is 6.31. The fraction of sp³-hybridized carbons (Fsp3) is 0.552. The number of benzene rings is 1. The van der Waals surface area contributed by atoms with E-state index in [2.05, 4.69) is 0 Å². The molecule has 1 N–H and O–H groups in total. The largest absolute Gasteiger partial charge is 0.396 e. The number of anilines is 1. The van der Waals surface area contributed by atoms with E-state index in [1.165, 1.54) is 0 Å². The molecule has 4 heterocycles. The number of hydrogen-bond donors (Lipinski definition) is 1. The molecule has 0 aromatic heterocycles. The number of aliphatic hydroxyl groups excluding tert-OH is 1. The van der Waals surface area contributed by atoms with Crippen LogP contribution >= 0.6 is 0 Å². The van der Waals surface area contributed by atoms with Crippen LogP contribution in [0.3, 0.4) is 0 Å². The third kappa shape index (κ3) is 3.92. The summed E-state index contributed by atoms with van der Waals surface area (Å²) < 4.78 is 6.84. The van der Waals surface area contributed by atoms with Gasteiger partial charge in [-0.25, -0.2) is 0 Å². The average molecular weight is 508 g/mol. The Morgan fingerprint density at radius 1 is 0.946 bits per heavy atom. The molecule has 0 bridgehead atoms. The zero-order valence-corrected chi connectivity index (χ0v) is 22.1. The predicted octanol–water partition coefficient (Wildman–Crippen LogP) is 2.53. The highest BCUT2D eigenvalue weighted by Gasteiger charge is 2.74. The molecule has 0 radical (unpaired) electrons. The molecular formula is C29H37N3O5. The molecule has 0 saturated carbocycles. The summed E-state index contributed by atoms with van der Waals surface area (Å²) in [6, 6.07) is 8.56. The minimum Gasteiger partial charge on any atom is -0.396 e. The highest BCUT2D eigenvalue weighted by Crippen LogP contribution is 2.57. The van der Waals surface area contributed by atoms with Crippen molar-refractivity contribution in [3.63, 3.8) is 0 Å². The molecule has 8 heteroatoms. The second-order valence-corrected chi connectivity index (χ2v) is 11.7. The molecule has 2 fully saturated rings. The number of fused-ring (bicyclic) bond motifs is 2. The summed E-state index contributed by atoms with van der Waals surface area (Å²) in [6.45, 7) is 8.90. The zero-order valence-electron chi connectivity index (χ0n) is 22.1. The van der Waals surface area contributed by atoms with Crippen LogP contribution in [0.5, 0.6) is 0 Å². The number of carbonyl (C=O) groups excluding carboxylic acids is 3. The number of unbranched alkanes of at least 4 members (excludes halogenated alkanes) is 1. The summed E-state index contributed by atoms with van der Waals surface area (Å²) in [5.41, 5.74) is -2.00. The maximum Gasteiger partial charge on any atom is 0.249 e. The van der Waals surface area contributed by atoms with Gasteiger partial charge in [-0.1, -0.05) is 42.5 Å². The normalized spacial score (nSPS) is 33.4. The van der Waals surface area contributed by atoms with Gasteiger partial charge in [-0.3, -0.25) is 14.4 Å². The molecule has 0 aliphatic carbocycles. The molecule has 8 nitrogen and oxygen atoms in total. The molecule has 3 amide bonds. The van der Waals surface area contributed by atoms with E-state index in [1.807, 2.05) is 82.3 Å². The summed E-state index contributed by atoms with van der Waals surface area (Å²) >= 11 is 0. The molecule has 4 aliphatic rings. The average Bonchev–Trinajstić information content (AvgIpc) is 3.10. The molecule has 5 rings (SSSR count). The molecule has 5 atom stereocenters. The van der Waals surface area contributed by atoms with E-state index in [1.54, 1.807) is 14.7 Å². The van der Waals surface area contributed by atoms with Crippen molar-refractivity contribution >= 4 is 23.4 Å². The Morgan fingerprint density at radius 2 is 1.65 bits per heavy atom. The third-order valence-electron chi connectivity index (χ3n) is 8.24. The Hall–Kier alpha value is -2.97. The van der Waals surface area contributed by atoms with E-state index in [4.69, 9.17) is 4.74 Å². The van der Waals surface area contributed by atoms with Crippen molar-refractivity contribution in [3.8, 4) is 0 Å². The number of para-hydroxylation sites is 1. The lowest BCUT2D eigenvalue weighted by atomic mass is 9.74. The zero-order chi connectivity index (χ0) is 26.6. The molecule has 1 aromatic carbocycles. The number of aliphatic hydroxyl groups is 1. The Morgan fingerprint density at radius 3 is 2.32 bits per heavy atom. The molecule has 198 valence electrons. The Balaban J connectivity index is 1.63. The summed E-state index contributed by atoms with van der Waals surface area (Å²) in [6.07, 6.45) is 8.69. The Labute approximate surface area is 218 Å². The van der Waals surface area contributed by atoms with E-state index in [-0.39, 0.29) is 24.3 Å². The van der Waals surface area contributed by atoms with Crippen LogP contribution in [0.2, 0.25) is 0 Å². The van der Waals surface area contributed by atoms with Crippen molar-refractivity contribution in [3.05, 3.63) is 54.6 Å². The Bertz CT molecular complexity index is 1140. The fourth-order valence-corrected chi connectivity index (χ4v) is 6.60. The van der Waals surface area contributed by atoms with E-state index >= 15 is 0 Å². The number of amides is 3. The van der Waals surface area contributed by atoms with E-state index in [0.29, 0.717) is 32.5 Å². The van der Waals surface area contributed by atoms with Crippen molar-refractivity contribution in [2.24, 2.45) is 11.8 Å².